The van der Waals surface area contributed by atoms with E-state index < -0.39 is 24.3 Å². The van der Waals surface area contributed by atoms with Crippen LogP contribution in [0.2, 0.25) is 0 Å². The molecule has 22 heavy (non-hydrogen) atoms. The molecule has 8 heteroatoms. The summed E-state index contributed by atoms with van der Waals surface area (Å²) in [6.45, 7) is 1.33. The Balaban J connectivity index is 2.21. The average molecular weight is 331 g/mol. The maximum Gasteiger partial charge on any atom is 0.416 e. The summed E-state index contributed by atoms with van der Waals surface area (Å²) < 4.78 is 43.1. The van der Waals surface area contributed by atoms with Crippen molar-refractivity contribution in [1.29, 1.82) is 0 Å². The van der Waals surface area contributed by atoms with Crippen molar-refractivity contribution in [1.82, 2.24) is 4.98 Å². The SMILES string of the molecule is Cc1nc(-c2cccc(C(F)(F)F)c2)sc1COCC(=O)O. The molecule has 0 aliphatic rings. The number of alkyl halides is 3. The number of aromatic nitrogens is 1. The number of aliphatic carboxylic acids is 1. The van der Waals surface area contributed by atoms with Gasteiger partial charge in [-0.2, -0.15) is 13.2 Å². The lowest BCUT2D eigenvalue weighted by Crippen LogP contribution is -2.06. The van der Waals surface area contributed by atoms with E-state index in [0.29, 0.717) is 21.1 Å². The highest BCUT2D eigenvalue weighted by atomic mass is 32.1. The van der Waals surface area contributed by atoms with Crippen molar-refractivity contribution in [3.8, 4) is 10.6 Å². The van der Waals surface area contributed by atoms with E-state index in [1.807, 2.05) is 0 Å². The Labute approximate surface area is 128 Å². The van der Waals surface area contributed by atoms with Crippen LogP contribution in [-0.4, -0.2) is 22.7 Å². The molecule has 1 heterocycles. The van der Waals surface area contributed by atoms with E-state index in [0.717, 1.165) is 12.1 Å². The summed E-state index contributed by atoms with van der Waals surface area (Å²) in [7, 11) is 0. The number of hydrogen-bond donors (Lipinski definition) is 1. The highest BCUT2D eigenvalue weighted by molar-refractivity contribution is 7.15. The molecule has 0 radical (unpaired) electrons. The van der Waals surface area contributed by atoms with Crippen LogP contribution in [0, 0.1) is 6.92 Å². The van der Waals surface area contributed by atoms with Gasteiger partial charge in [-0.05, 0) is 19.1 Å². The normalized spacial score (nSPS) is 11.6. The largest absolute Gasteiger partial charge is 0.480 e. The minimum absolute atomic E-state index is 0.0642. The lowest BCUT2D eigenvalue weighted by atomic mass is 10.1. The number of benzene rings is 1. The van der Waals surface area contributed by atoms with E-state index in [4.69, 9.17) is 9.84 Å². The van der Waals surface area contributed by atoms with Gasteiger partial charge in [0.05, 0.1) is 22.7 Å². The maximum atomic E-state index is 12.7. The molecule has 0 aliphatic heterocycles. The fourth-order valence-corrected chi connectivity index (χ4v) is 2.74. The number of halogens is 3. The number of aryl methyl sites for hydroxylation is 1. The molecule has 1 aromatic heterocycles. The Morgan fingerprint density at radius 1 is 1.41 bits per heavy atom. The van der Waals surface area contributed by atoms with Gasteiger partial charge >= 0.3 is 12.1 Å². The second-order valence-electron chi connectivity index (χ2n) is 4.49. The van der Waals surface area contributed by atoms with Crippen LogP contribution in [0.4, 0.5) is 13.2 Å². The summed E-state index contributed by atoms with van der Waals surface area (Å²) in [4.78, 5) is 15.3. The lowest BCUT2D eigenvalue weighted by Gasteiger charge is -2.07. The van der Waals surface area contributed by atoms with Gasteiger partial charge in [0.1, 0.15) is 11.6 Å². The van der Waals surface area contributed by atoms with Crippen molar-refractivity contribution in [3.05, 3.63) is 40.4 Å². The lowest BCUT2D eigenvalue weighted by molar-refractivity contribution is -0.142. The smallest absolute Gasteiger partial charge is 0.416 e. The molecule has 1 aromatic carbocycles. The predicted molar refractivity (Wildman–Crippen MR) is 74.6 cm³/mol. The maximum absolute atomic E-state index is 12.7. The fourth-order valence-electron chi connectivity index (χ4n) is 1.75. The van der Waals surface area contributed by atoms with Gasteiger partial charge in [-0.15, -0.1) is 11.3 Å². The Kier molecular flexibility index (Phi) is 4.82. The molecule has 0 bridgehead atoms. The van der Waals surface area contributed by atoms with E-state index >= 15 is 0 Å². The summed E-state index contributed by atoms with van der Waals surface area (Å²) in [6, 6.07) is 4.92. The number of nitrogens with zero attached hydrogens (tertiary/aromatic N) is 1. The van der Waals surface area contributed by atoms with Gasteiger partial charge in [-0.25, -0.2) is 9.78 Å². The van der Waals surface area contributed by atoms with E-state index in [1.165, 1.54) is 17.4 Å². The number of carboxylic acids is 1. The van der Waals surface area contributed by atoms with Gasteiger partial charge in [0, 0.05) is 5.56 Å². The van der Waals surface area contributed by atoms with Gasteiger partial charge in [0.2, 0.25) is 0 Å². The Bertz CT molecular complexity index is 682. The summed E-state index contributed by atoms with van der Waals surface area (Å²) >= 11 is 1.19. The zero-order valence-corrected chi connectivity index (χ0v) is 12.3. The van der Waals surface area contributed by atoms with Crippen molar-refractivity contribution < 1.29 is 27.8 Å². The minimum Gasteiger partial charge on any atom is -0.480 e. The van der Waals surface area contributed by atoms with Crippen LogP contribution in [0.5, 0.6) is 0 Å². The Morgan fingerprint density at radius 2 is 2.14 bits per heavy atom. The molecule has 0 spiro atoms. The molecule has 2 rings (SSSR count). The molecule has 0 aliphatic carbocycles. The van der Waals surface area contributed by atoms with Crippen molar-refractivity contribution in [2.24, 2.45) is 0 Å². The highest BCUT2D eigenvalue weighted by Crippen LogP contribution is 2.34. The van der Waals surface area contributed by atoms with E-state index in [-0.39, 0.29) is 6.61 Å². The van der Waals surface area contributed by atoms with Gasteiger partial charge in [0.15, 0.2) is 0 Å². The Morgan fingerprint density at radius 3 is 2.77 bits per heavy atom. The second kappa shape index (κ2) is 6.45. The van der Waals surface area contributed by atoms with Crippen molar-refractivity contribution in [2.45, 2.75) is 19.7 Å². The van der Waals surface area contributed by atoms with E-state index in [2.05, 4.69) is 4.98 Å². The second-order valence-corrected chi connectivity index (χ2v) is 5.58. The number of ether oxygens (including phenoxy) is 1. The molecule has 0 saturated carbocycles. The molecule has 1 N–H and O–H groups in total. The van der Waals surface area contributed by atoms with E-state index in [1.54, 1.807) is 13.0 Å². The first-order valence-electron chi connectivity index (χ1n) is 6.21. The number of hydrogen-bond acceptors (Lipinski definition) is 4. The Hall–Kier alpha value is -1.93. The standard InChI is InChI=1S/C14H12F3NO3S/c1-8-11(6-21-7-12(19)20)22-13(18-8)9-3-2-4-10(5-9)14(15,16)17/h2-5H,6-7H2,1H3,(H,19,20). The monoisotopic (exact) mass is 331 g/mol. The number of rotatable bonds is 5. The molecule has 118 valence electrons. The first kappa shape index (κ1) is 16.4. The van der Waals surface area contributed by atoms with Crippen molar-refractivity contribution in [2.75, 3.05) is 6.61 Å². The number of thiazole rings is 1. The van der Waals surface area contributed by atoms with Gasteiger partial charge in [0.25, 0.3) is 0 Å². The zero-order chi connectivity index (χ0) is 16.3. The van der Waals surface area contributed by atoms with Crippen LogP contribution in [0.1, 0.15) is 16.1 Å². The van der Waals surface area contributed by atoms with Crippen LogP contribution in [0.25, 0.3) is 10.6 Å². The van der Waals surface area contributed by atoms with Crippen LogP contribution in [0.3, 0.4) is 0 Å². The first-order valence-corrected chi connectivity index (χ1v) is 7.02. The van der Waals surface area contributed by atoms with Crippen molar-refractivity contribution in [3.63, 3.8) is 0 Å². The number of carboxylic acid groups (broad SMARTS) is 1. The quantitative estimate of drug-likeness (QED) is 0.907. The van der Waals surface area contributed by atoms with Crippen molar-refractivity contribution >= 4 is 17.3 Å². The summed E-state index contributed by atoms with van der Waals surface area (Å²) in [5, 5.41) is 8.95. The van der Waals surface area contributed by atoms with Crippen LogP contribution >= 0.6 is 11.3 Å². The first-order chi connectivity index (χ1) is 10.3. The minimum atomic E-state index is -4.41. The third-order valence-electron chi connectivity index (χ3n) is 2.79. The van der Waals surface area contributed by atoms with E-state index in [9.17, 15) is 18.0 Å². The zero-order valence-electron chi connectivity index (χ0n) is 11.5. The van der Waals surface area contributed by atoms with Gasteiger partial charge in [-0.1, -0.05) is 12.1 Å². The van der Waals surface area contributed by atoms with Crippen LogP contribution in [-0.2, 0) is 22.3 Å². The number of carbonyl (C=O) groups is 1. The molecule has 0 fully saturated rings. The molecular weight excluding hydrogens is 319 g/mol. The average Bonchev–Trinajstić information content (AvgIpc) is 2.79. The van der Waals surface area contributed by atoms with Crippen LogP contribution < -0.4 is 0 Å². The molecule has 0 atom stereocenters. The van der Waals surface area contributed by atoms with Gasteiger partial charge in [-0.3, -0.25) is 0 Å². The third-order valence-corrected chi connectivity index (χ3v) is 3.97. The fraction of sp³-hybridized carbons (Fsp3) is 0.286. The summed E-state index contributed by atoms with van der Waals surface area (Å²) in [5.74, 6) is -1.08. The summed E-state index contributed by atoms with van der Waals surface area (Å²) in [5.41, 5.74) is 0.247. The molecule has 4 nitrogen and oxygen atoms in total. The topological polar surface area (TPSA) is 59.4 Å². The molecule has 2 aromatic rings. The highest BCUT2D eigenvalue weighted by Gasteiger charge is 2.30. The summed E-state index contributed by atoms with van der Waals surface area (Å²) in [6.07, 6.45) is -4.41. The third kappa shape index (κ3) is 4.05. The predicted octanol–water partition coefficient (Wildman–Crippen LogP) is 3.74. The van der Waals surface area contributed by atoms with Crippen LogP contribution in [0.15, 0.2) is 24.3 Å². The molecule has 0 saturated heterocycles. The van der Waals surface area contributed by atoms with Gasteiger partial charge < -0.3 is 9.84 Å². The molecular formula is C14H12F3NO3S. The molecule has 0 unspecified atom stereocenters. The molecule has 0 amide bonds.